The SMILES string of the molecule is CC.CC.CCC1[C@H](C)C(C)C[C@H](C)[C@@H]1C.CS. The third kappa shape index (κ3) is 7.71. The molecule has 5 atom stereocenters. The highest BCUT2D eigenvalue weighted by atomic mass is 32.1. The van der Waals surface area contributed by atoms with Crippen LogP contribution < -0.4 is 0 Å². The van der Waals surface area contributed by atoms with Crippen LogP contribution in [0.3, 0.4) is 0 Å². The first-order valence-corrected chi connectivity index (χ1v) is 8.92. The molecule has 1 heteroatoms. The number of rotatable bonds is 1. The van der Waals surface area contributed by atoms with Gasteiger partial charge in [-0.15, -0.1) is 0 Å². The quantitative estimate of drug-likeness (QED) is 0.515. The predicted octanol–water partition coefficient (Wildman–Crippen LogP) is 6.56. The summed E-state index contributed by atoms with van der Waals surface area (Å²) in [5, 5.41) is 0. The van der Waals surface area contributed by atoms with E-state index >= 15 is 0 Å². The summed E-state index contributed by atoms with van der Waals surface area (Å²) in [7, 11) is 0. The average molecular weight is 277 g/mol. The van der Waals surface area contributed by atoms with Gasteiger partial charge in [-0.1, -0.05) is 68.7 Å². The highest BCUT2D eigenvalue weighted by molar-refractivity contribution is 7.79. The molecular weight excluding hydrogens is 236 g/mol. The van der Waals surface area contributed by atoms with Gasteiger partial charge < -0.3 is 0 Å². The Bertz CT molecular complexity index is 131. The Hall–Kier alpha value is 0.350. The molecule has 2 unspecified atom stereocenters. The van der Waals surface area contributed by atoms with Crippen molar-refractivity contribution in [3.05, 3.63) is 0 Å². The second-order valence-corrected chi connectivity index (χ2v) is 4.98. The zero-order valence-electron chi connectivity index (χ0n) is 14.7. The summed E-state index contributed by atoms with van der Waals surface area (Å²) in [4.78, 5) is 0. The Balaban J connectivity index is -0.000000328. The van der Waals surface area contributed by atoms with E-state index < -0.39 is 0 Å². The minimum atomic E-state index is 0.946. The lowest BCUT2D eigenvalue weighted by atomic mass is 9.63. The summed E-state index contributed by atoms with van der Waals surface area (Å²) in [6.45, 7) is 20.1. The fourth-order valence-corrected chi connectivity index (χ4v) is 3.08. The lowest BCUT2D eigenvalue weighted by Crippen LogP contribution is -2.35. The first-order chi connectivity index (χ1) is 8.57. The largest absolute Gasteiger partial charge is 0.183 e. The lowest BCUT2D eigenvalue weighted by Gasteiger charge is -2.42. The molecule has 1 aliphatic carbocycles. The van der Waals surface area contributed by atoms with Gasteiger partial charge in [-0.05, 0) is 42.3 Å². The van der Waals surface area contributed by atoms with Gasteiger partial charge in [-0.25, -0.2) is 0 Å². The standard InChI is InChI=1S/C12H24.2C2H6.CH4S/c1-6-12-10(4)8(2)7-9(3)11(12)5;3*1-2/h8-12H,6-7H2,1-5H3;2*1-2H3;2H,1H3/t8-,9?,10-,11+,12?;;;/m0.../s1. The summed E-state index contributed by atoms with van der Waals surface area (Å²) in [6, 6.07) is 0. The van der Waals surface area contributed by atoms with Crippen molar-refractivity contribution in [1.29, 1.82) is 0 Å². The van der Waals surface area contributed by atoms with Crippen LogP contribution in [-0.2, 0) is 0 Å². The van der Waals surface area contributed by atoms with Crippen molar-refractivity contribution in [3.8, 4) is 0 Å². The zero-order valence-corrected chi connectivity index (χ0v) is 15.6. The fraction of sp³-hybridized carbons (Fsp3) is 1.00. The Morgan fingerprint density at radius 3 is 1.28 bits per heavy atom. The van der Waals surface area contributed by atoms with Crippen LogP contribution in [0, 0.1) is 29.6 Å². The molecule has 0 heterocycles. The first kappa shape index (κ1) is 23.4. The molecule has 0 aromatic heterocycles. The summed E-state index contributed by atoms with van der Waals surface area (Å²) < 4.78 is 0. The molecule has 0 aromatic rings. The van der Waals surface area contributed by atoms with E-state index in [1.54, 1.807) is 6.26 Å². The Morgan fingerprint density at radius 1 is 0.778 bits per heavy atom. The second-order valence-electron chi connectivity index (χ2n) is 4.98. The third-order valence-electron chi connectivity index (χ3n) is 4.36. The molecule has 0 spiro atoms. The zero-order chi connectivity index (χ0) is 15.3. The van der Waals surface area contributed by atoms with Crippen molar-refractivity contribution in [3.63, 3.8) is 0 Å². The minimum Gasteiger partial charge on any atom is -0.183 e. The number of thiol groups is 1. The average Bonchev–Trinajstić information content (AvgIpc) is 2.44. The molecule has 0 N–H and O–H groups in total. The fourth-order valence-electron chi connectivity index (χ4n) is 3.08. The van der Waals surface area contributed by atoms with Crippen molar-refractivity contribution in [2.24, 2.45) is 29.6 Å². The molecule has 114 valence electrons. The molecule has 18 heavy (non-hydrogen) atoms. The van der Waals surface area contributed by atoms with E-state index in [0.717, 1.165) is 29.6 Å². The molecule has 1 fully saturated rings. The molecule has 0 amide bonds. The van der Waals surface area contributed by atoms with Crippen LogP contribution in [-0.4, -0.2) is 6.26 Å². The van der Waals surface area contributed by atoms with E-state index in [4.69, 9.17) is 0 Å². The molecule has 1 rings (SSSR count). The van der Waals surface area contributed by atoms with Gasteiger partial charge in [-0.2, -0.15) is 12.6 Å². The topological polar surface area (TPSA) is 0 Å². The number of hydrogen-bond acceptors (Lipinski definition) is 1. The van der Waals surface area contributed by atoms with Crippen LogP contribution in [0.4, 0.5) is 0 Å². The Labute approximate surface area is 124 Å². The van der Waals surface area contributed by atoms with Crippen LogP contribution in [0.5, 0.6) is 0 Å². The molecule has 0 aliphatic heterocycles. The first-order valence-electron chi connectivity index (χ1n) is 8.02. The summed E-state index contributed by atoms with van der Waals surface area (Å²) in [6.07, 6.45) is 4.51. The predicted molar refractivity (Wildman–Crippen MR) is 92.7 cm³/mol. The van der Waals surface area contributed by atoms with Gasteiger partial charge >= 0.3 is 0 Å². The van der Waals surface area contributed by atoms with Gasteiger partial charge in [0.1, 0.15) is 0 Å². The van der Waals surface area contributed by atoms with E-state index in [9.17, 15) is 0 Å². The molecule has 0 saturated heterocycles. The van der Waals surface area contributed by atoms with Gasteiger partial charge in [0.15, 0.2) is 0 Å². The van der Waals surface area contributed by atoms with E-state index in [-0.39, 0.29) is 0 Å². The van der Waals surface area contributed by atoms with Crippen LogP contribution in [0.15, 0.2) is 0 Å². The van der Waals surface area contributed by atoms with Gasteiger partial charge in [-0.3, -0.25) is 0 Å². The van der Waals surface area contributed by atoms with Crippen molar-refractivity contribution < 1.29 is 0 Å². The number of hydrogen-bond donors (Lipinski definition) is 1. The second kappa shape index (κ2) is 15.4. The van der Waals surface area contributed by atoms with Gasteiger partial charge in [0.2, 0.25) is 0 Å². The van der Waals surface area contributed by atoms with E-state index in [0.29, 0.717) is 0 Å². The van der Waals surface area contributed by atoms with Gasteiger partial charge in [0.05, 0.1) is 0 Å². The smallest absolute Gasteiger partial charge is 0.0215 e. The van der Waals surface area contributed by atoms with E-state index in [1.807, 2.05) is 27.7 Å². The molecule has 0 nitrogen and oxygen atoms in total. The molecular formula is C17H40S. The lowest BCUT2D eigenvalue weighted by molar-refractivity contribution is 0.0703. The van der Waals surface area contributed by atoms with Gasteiger partial charge in [0, 0.05) is 0 Å². The highest BCUT2D eigenvalue weighted by Crippen LogP contribution is 2.42. The van der Waals surface area contributed by atoms with Crippen LogP contribution in [0.25, 0.3) is 0 Å². The maximum Gasteiger partial charge on any atom is -0.0215 e. The van der Waals surface area contributed by atoms with E-state index in [2.05, 4.69) is 47.2 Å². The molecule has 0 bridgehead atoms. The van der Waals surface area contributed by atoms with Crippen LogP contribution in [0.1, 0.15) is 75.2 Å². The van der Waals surface area contributed by atoms with Crippen LogP contribution in [0.2, 0.25) is 0 Å². The normalized spacial score (nSPS) is 33.8. The maximum absolute atomic E-state index is 3.53. The Morgan fingerprint density at radius 2 is 1.06 bits per heavy atom. The summed E-state index contributed by atoms with van der Waals surface area (Å²) >= 11 is 3.53. The van der Waals surface area contributed by atoms with Crippen molar-refractivity contribution in [2.75, 3.05) is 6.26 Å². The maximum atomic E-state index is 3.53. The molecule has 1 saturated carbocycles. The monoisotopic (exact) mass is 276 g/mol. The van der Waals surface area contributed by atoms with Crippen molar-refractivity contribution >= 4 is 12.6 Å². The van der Waals surface area contributed by atoms with Crippen LogP contribution >= 0.6 is 12.6 Å². The summed E-state index contributed by atoms with van der Waals surface area (Å²) in [5.74, 6) is 4.76. The molecule has 0 aromatic carbocycles. The molecule has 1 aliphatic rings. The summed E-state index contributed by atoms with van der Waals surface area (Å²) in [5.41, 5.74) is 0. The van der Waals surface area contributed by atoms with E-state index in [1.165, 1.54) is 12.8 Å². The van der Waals surface area contributed by atoms with Crippen molar-refractivity contribution in [2.45, 2.75) is 75.2 Å². The third-order valence-corrected chi connectivity index (χ3v) is 4.36. The minimum absolute atomic E-state index is 0.946. The Kier molecular flexibility index (Phi) is 20.1. The highest BCUT2D eigenvalue weighted by Gasteiger charge is 2.34. The molecule has 0 radical (unpaired) electrons. The van der Waals surface area contributed by atoms with Gasteiger partial charge in [0.25, 0.3) is 0 Å². The van der Waals surface area contributed by atoms with Crippen molar-refractivity contribution in [1.82, 2.24) is 0 Å².